The lowest BCUT2D eigenvalue weighted by atomic mass is 10.2. The molecule has 0 saturated heterocycles. The third kappa shape index (κ3) is 5.44. The molecule has 0 aliphatic carbocycles. The van der Waals surface area contributed by atoms with E-state index in [0.717, 1.165) is 6.16 Å². The maximum Gasteiger partial charge on any atom is 0.631 e. The van der Waals surface area contributed by atoms with Crippen molar-refractivity contribution < 1.29 is 15.1 Å². The van der Waals surface area contributed by atoms with Crippen LogP contribution in [-0.2, 0) is 6.16 Å². The fourth-order valence-electron chi connectivity index (χ4n) is 3.63. The summed E-state index contributed by atoms with van der Waals surface area (Å²) in [5.74, 6) is 0. The highest BCUT2D eigenvalue weighted by Gasteiger charge is 2.45. The minimum absolute atomic E-state index is 1.03. The van der Waals surface area contributed by atoms with Crippen molar-refractivity contribution in [3.63, 3.8) is 0 Å². The Labute approximate surface area is 178 Å². The van der Waals surface area contributed by atoms with Gasteiger partial charge in [-0.3, -0.25) is 0 Å². The fraction of sp³-hybridized carbons (Fsp3) is 0.0400. The molecule has 4 aromatic carbocycles. The van der Waals surface area contributed by atoms with Crippen LogP contribution in [0, 0.1) is 0 Å². The van der Waals surface area contributed by atoms with Crippen LogP contribution < -0.4 is 15.9 Å². The van der Waals surface area contributed by atoms with Gasteiger partial charge in [0.1, 0.15) is 23.2 Å². The Morgan fingerprint density at radius 3 is 1.03 bits per heavy atom. The largest absolute Gasteiger partial charge is 0.631 e. The topological polar surface area (TPSA) is 60.7 Å². The molecular weight excluding hydrogens is 390 g/mol. The molecule has 30 heavy (non-hydrogen) atoms. The summed E-state index contributed by atoms with van der Waals surface area (Å²) in [6.07, 6.45) is 1.03. The Hall–Kier alpha value is -2.75. The van der Waals surface area contributed by atoms with Gasteiger partial charge < -0.3 is 15.1 Å². The van der Waals surface area contributed by atoms with Crippen molar-refractivity contribution in [1.82, 2.24) is 0 Å². The minimum Gasteiger partial charge on any atom is -0.402 e. The second-order valence-electron chi connectivity index (χ2n) is 6.81. The van der Waals surface area contributed by atoms with E-state index in [9.17, 15) is 0 Å². The smallest absolute Gasteiger partial charge is 0.402 e. The van der Waals surface area contributed by atoms with Gasteiger partial charge in [0.05, 0.1) is 6.16 Å². The van der Waals surface area contributed by atoms with E-state index in [-0.39, 0.29) is 0 Å². The molecule has 3 nitrogen and oxygen atoms in total. The van der Waals surface area contributed by atoms with Crippen molar-refractivity contribution in [2.75, 3.05) is 0 Å². The molecule has 150 valence electrons. The summed E-state index contributed by atoms with van der Waals surface area (Å²) in [4.78, 5) is 0. The van der Waals surface area contributed by atoms with Gasteiger partial charge in [0.2, 0.25) is 0 Å². The highest BCUT2D eigenvalue weighted by atomic mass is 31.2. The normalized spacial score (nSPS) is 10.6. The summed E-state index contributed by atoms with van der Waals surface area (Å²) in [5.41, 5.74) is 1.39. The molecule has 0 aliphatic rings. The molecule has 0 saturated carbocycles. The van der Waals surface area contributed by atoms with Gasteiger partial charge in [-0.1, -0.05) is 84.9 Å². The summed E-state index contributed by atoms with van der Waals surface area (Å²) in [7, 11) is -3.94. The van der Waals surface area contributed by atoms with Crippen molar-refractivity contribution in [3.05, 3.63) is 127 Å². The lowest BCUT2D eigenvalue weighted by molar-refractivity contribution is 0.278. The first kappa shape index (κ1) is 22.0. The summed E-state index contributed by atoms with van der Waals surface area (Å²) in [5, 5.41) is 25.8. The lowest BCUT2D eigenvalue weighted by Crippen LogP contribution is -2.32. The minimum atomic E-state index is -2.17. The summed E-state index contributed by atoms with van der Waals surface area (Å²) in [6, 6.07) is 44.0. The highest BCUT2D eigenvalue weighted by molar-refractivity contribution is 7.95. The molecule has 0 spiro atoms. The van der Waals surface area contributed by atoms with Crippen molar-refractivity contribution in [3.8, 4) is 0 Å². The van der Waals surface area contributed by atoms with Crippen LogP contribution in [0.1, 0.15) is 5.56 Å². The zero-order chi connectivity index (χ0) is 21.2. The van der Waals surface area contributed by atoms with E-state index in [0.29, 0.717) is 0 Å². The average Bonchev–Trinajstić information content (AvgIpc) is 2.80. The SMILES string of the molecule is OB(O)O.c1ccc(C[P+](c2ccccc2)(c2ccccc2)c2ccccc2)cc1. The summed E-state index contributed by atoms with van der Waals surface area (Å²) >= 11 is 0. The van der Waals surface area contributed by atoms with Gasteiger partial charge in [-0.2, -0.15) is 0 Å². The number of benzene rings is 4. The van der Waals surface area contributed by atoms with Crippen molar-refractivity contribution in [2.45, 2.75) is 6.16 Å². The van der Waals surface area contributed by atoms with E-state index >= 15 is 0 Å². The molecule has 0 fully saturated rings. The Morgan fingerprint density at radius 1 is 0.467 bits per heavy atom. The second kappa shape index (κ2) is 10.9. The van der Waals surface area contributed by atoms with Crippen LogP contribution in [0.15, 0.2) is 121 Å². The fourth-order valence-corrected chi connectivity index (χ4v) is 7.87. The van der Waals surface area contributed by atoms with Gasteiger partial charge in [0.25, 0.3) is 0 Å². The molecule has 0 aliphatic heterocycles. The molecular formula is C25H25BO3P+. The lowest BCUT2D eigenvalue weighted by Gasteiger charge is -2.27. The second-order valence-corrected chi connectivity index (χ2v) is 10.3. The Kier molecular flexibility index (Phi) is 7.95. The Bertz CT molecular complexity index is 898. The van der Waals surface area contributed by atoms with Crippen LogP contribution in [0.2, 0.25) is 0 Å². The third-order valence-electron chi connectivity index (χ3n) is 4.85. The predicted molar refractivity (Wildman–Crippen MR) is 128 cm³/mol. The van der Waals surface area contributed by atoms with Gasteiger partial charge in [-0.25, -0.2) is 0 Å². The van der Waals surface area contributed by atoms with E-state index in [1.807, 2.05) is 0 Å². The van der Waals surface area contributed by atoms with Crippen molar-refractivity contribution >= 4 is 30.5 Å². The maximum atomic E-state index is 7.17. The molecule has 4 rings (SSSR count). The molecule has 0 radical (unpaired) electrons. The molecule has 4 aromatic rings. The first-order chi connectivity index (χ1) is 14.6. The van der Waals surface area contributed by atoms with Crippen LogP contribution in [0.25, 0.3) is 0 Å². The maximum absolute atomic E-state index is 7.17. The van der Waals surface area contributed by atoms with Gasteiger partial charge >= 0.3 is 7.32 Å². The van der Waals surface area contributed by atoms with E-state index in [4.69, 9.17) is 15.1 Å². The van der Waals surface area contributed by atoms with Crippen LogP contribution in [-0.4, -0.2) is 22.4 Å². The average molecular weight is 415 g/mol. The van der Waals surface area contributed by atoms with Gasteiger partial charge in [0.15, 0.2) is 0 Å². The van der Waals surface area contributed by atoms with E-state index in [1.165, 1.54) is 21.5 Å². The van der Waals surface area contributed by atoms with Crippen LogP contribution >= 0.6 is 7.26 Å². The van der Waals surface area contributed by atoms with Crippen molar-refractivity contribution in [1.29, 1.82) is 0 Å². The monoisotopic (exact) mass is 415 g/mol. The third-order valence-corrected chi connectivity index (χ3v) is 9.23. The molecule has 0 atom stereocenters. The number of hydrogen-bond acceptors (Lipinski definition) is 3. The van der Waals surface area contributed by atoms with E-state index < -0.39 is 14.6 Å². The van der Waals surface area contributed by atoms with Crippen LogP contribution in [0.3, 0.4) is 0 Å². The Morgan fingerprint density at radius 2 is 0.733 bits per heavy atom. The standard InChI is InChI=1S/C25H22P.BH3O3/c1-5-13-22(14-6-1)21-26(23-15-7-2-8-16-23,24-17-9-3-10-18-24)25-19-11-4-12-20-25;2-1(3)4/h1-20H,21H2;2-4H/q+1;. The first-order valence-corrected chi connectivity index (χ1v) is 11.7. The molecule has 0 heterocycles. The number of hydrogen-bond donors (Lipinski definition) is 3. The van der Waals surface area contributed by atoms with Gasteiger partial charge in [0, 0.05) is 0 Å². The molecule has 0 aromatic heterocycles. The number of rotatable bonds is 5. The molecule has 3 N–H and O–H groups in total. The van der Waals surface area contributed by atoms with Crippen molar-refractivity contribution in [2.24, 2.45) is 0 Å². The van der Waals surface area contributed by atoms with Gasteiger partial charge in [-0.05, 0) is 42.0 Å². The van der Waals surface area contributed by atoms with Crippen LogP contribution in [0.5, 0.6) is 0 Å². The van der Waals surface area contributed by atoms with E-state index in [2.05, 4.69) is 121 Å². The van der Waals surface area contributed by atoms with Gasteiger partial charge in [-0.15, -0.1) is 0 Å². The Balaban J connectivity index is 0.000000589. The summed E-state index contributed by atoms with van der Waals surface area (Å²) < 4.78 is 0. The first-order valence-electron chi connectivity index (χ1n) is 9.76. The molecule has 0 bridgehead atoms. The quantitative estimate of drug-likeness (QED) is 0.347. The zero-order valence-electron chi connectivity index (χ0n) is 16.6. The highest BCUT2D eigenvalue weighted by Crippen LogP contribution is 2.58. The van der Waals surface area contributed by atoms with Crippen LogP contribution in [0.4, 0.5) is 0 Å². The molecule has 0 amide bonds. The predicted octanol–water partition coefficient (Wildman–Crippen LogP) is 3.13. The molecule has 0 unspecified atom stereocenters. The van der Waals surface area contributed by atoms with E-state index in [1.54, 1.807) is 0 Å². The summed E-state index contributed by atoms with van der Waals surface area (Å²) in [6.45, 7) is 0. The zero-order valence-corrected chi connectivity index (χ0v) is 17.5. The molecule has 5 heteroatoms.